The summed E-state index contributed by atoms with van der Waals surface area (Å²) >= 11 is 0. The summed E-state index contributed by atoms with van der Waals surface area (Å²) in [6.07, 6.45) is 8.88. The minimum atomic E-state index is -0.577. The highest BCUT2D eigenvalue weighted by molar-refractivity contribution is 5.86. The van der Waals surface area contributed by atoms with Crippen LogP contribution in [-0.4, -0.2) is 12.8 Å². The Bertz CT molecular complexity index is 367. The molecule has 1 unspecified atom stereocenters. The van der Waals surface area contributed by atoms with Crippen LogP contribution in [0, 0.1) is 5.41 Å². The van der Waals surface area contributed by atoms with E-state index in [1.54, 1.807) is 14.0 Å². The summed E-state index contributed by atoms with van der Waals surface area (Å²) in [7, 11) is 1.80. The first kappa shape index (κ1) is 16.5. The van der Waals surface area contributed by atoms with Crippen molar-refractivity contribution >= 4 is 5.78 Å². The number of nitrogens with one attached hydrogen (secondary N) is 1. The second-order valence-corrected chi connectivity index (χ2v) is 4.55. The summed E-state index contributed by atoms with van der Waals surface area (Å²) in [6, 6.07) is 0. The van der Waals surface area contributed by atoms with Crippen molar-refractivity contribution in [1.29, 1.82) is 0 Å². The van der Waals surface area contributed by atoms with Gasteiger partial charge in [-0.2, -0.15) is 0 Å². The number of allylic oxidation sites excluding steroid dienone is 5. The van der Waals surface area contributed by atoms with E-state index in [9.17, 15) is 4.79 Å². The van der Waals surface area contributed by atoms with Gasteiger partial charge in [0.15, 0.2) is 0 Å². The third-order valence-corrected chi connectivity index (χ3v) is 3.40. The molecule has 0 saturated carbocycles. The highest BCUT2D eigenvalue weighted by Gasteiger charge is 2.38. The number of rotatable bonds is 7. The molecule has 0 amide bonds. The van der Waals surface area contributed by atoms with E-state index in [-0.39, 0.29) is 5.78 Å². The molecule has 0 rings (SSSR count). The third-order valence-electron chi connectivity index (χ3n) is 3.40. The number of hydrogen-bond donors (Lipinski definition) is 2. The van der Waals surface area contributed by atoms with E-state index in [1.165, 1.54) is 11.8 Å². The van der Waals surface area contributed by atoms with E-state index in [4.69, 9.17) is 5.73 Å². The first-order valence-electron chi connectivity index (χ1n) is 6.32. The lowest BCUT2D eigenvalue weighted by molar-refractivity contribution is -0.124. The molecular weight excluding hydrogens is 224 g/mol. The van der Waals surface area contributed by atoms with Crippen LogP contribution in [0.15, 0.2) is 35.7 Å². The summed E-state index contributed by atoms with van der Waals surface area (Å²) in [4.78, 5) is 12.2. The summed E-state index contributed by atoms with van der Waals surface area (Å²) in [5.41, 5.74) is 7.07. The Hall–Kier alpha value is -1.51. The molecule has 0 fully saturated rings. The van der Waals surface area contributed by atoms with Crippen molar-refractivity contribution in [3.8, 4) is 0 Å². The van der Waals surface area contributed by atoms with Crippen LogP contribution in [0.25, 0.3) is 0 Å². The summed E-state index contributed by atoms with van der Waals surface area (Å²) in [5.74, 6) is 0.132. The topological polar surface area (TPSA) is 55.1 Å². The lowest BCUT2D eigenvalue weighted by Crippen LogP contribution is -2.37. The fourth-order valence-corrected chi connectivity index (χ4v) is 2.11. The minimum absolute atomic E-state index is 0.132. The standard InChI is InChI=1S/C15H26N2O/c1-6-8-9-15(13(4)18,10-12(3)7-2)14(11-16)17-5/h6-8,11,17H,9-10,16H2,1-5H3/b8-6+,12-7+,14-11-. The Morgan fingerprint density at radius 1 is 1.33 bits per heavy atom. The summed E-state index contributed by atoms with van der Waals surface area (Å²) in [6.45, 7) is 7.62. The van der Waals surface area contributed by atoms with E-state index in [0.29, 0.717) is 12.8 Å². The highest BCUT2D eigenvalue weighted by atomic mass is 16.1. The summed E-state index contributed by atoms with van der Waals surface area (Å²) in [5, 5.41) is 3.07. The molecule has 18 heavy (non-hydrogen) atoms. The van der Waals surface area contributed by atoms with Gasteiger partial charge in [0.25, 0.3) is 0 Å². The van der Waals surface area contributed by atoms with Gasteiger partial charge >= 0.3 is 0 Å². The zero-order valence-corrected chi connectivity index (χ0v) is 12.2. The predicted octanol–water partition coefficient (Wildman–Crippen LogP) is 2.90. The molecule has 0 radical (unpaired) electrons. The normalized spacial score (nSPS) is 16.7. The van der Waals surface area contributed by atoms with Gasteiger partial charge < -0.3 is 11.1 Å². The SMILES string of the molecule is C/C=C/CC(C/C(C)=C/C)(C(C)=O)/C(=C/N)NC. The van der Waals surface area contributed by atoms with Gasteiger partial charge in [0.2, 0.25) is 0 Å². The number of hydrogen-bond acceptors (Lipinski definition) is 3. The van der Waals surface area contributed by atoms with Crippen molar-refractivity contribution in [1.82, 2.24) is 5.32 Å². The molecule has 1 atom stereocenters. The van der Waals surface area contributed by atoms with Crippen LogP contribution >= 0.6 is 0 Å². The largest absolute Gasteiger partial charge is 0.403 e. The molecule has 0 spiro atoms. The molecule has 0 heterocycles. The van der Waals surface area contributed by atoms with Crippen molar-refractivity contribution in [3.05, 3.63) is 35.7 Å². The predicted molar refractivity (Wildman–Crippen MR) is 77.9 cm³/mol. The van der Waals surface area contributed by atoms with Gasteiger partial charge in [0.05, 0.1) is 5.41 Å². The van der Waals surface area contributed by atoms with Crippen molar-refractivity contribution in [3.63, 3.8) is 0 Å². The monoisotopic (exact) mass is 250 g/mol. The molecule has 3 nitrogen and oxygen atoms in total. The second kappa shape index (κ2) is 7.75. The second-order valence-electron chi connectivity index (χ2n) is 4.55. The fraction of sp³-hybridized carbons (Fsp3) is 0.533. The van der Waals surface area contributed by atoms with Gasteiger partial charge in [-0.3, -0.25) is 4.79 Å². The number of carbonyl (C=O) groups is 1. The number of carbonyl (C=O) groups excluding carboxylic acids is 1. The van der Waals surface area contributed by atoms with Gasteiger partial charge in [0.1, 0.15) is 5.78 Å². The quantitative estimate of drug-likeness (QED) is 0.683. The molecule has 0 aliphatic carbocycles. The van der Waals surface area contributed by atoms with Crippen LogP contribution in [0.5, 0.6) is 0 Å². The lowest BCUT2D eigenvalue weighted by Gasteiger charge is -2.33. The maximum Gasteiger partial charge on any atom is 0.142 e. The van der Waals surface area contributed by atoms with Gasteiger partial charge in [0, 0.05) is 18.9 Å². The van der Waals surface area contributed by atoms with Crippen molar-refractivity contribution < 1.29 is 4.79 Å². The van der Waals surface area contributed by atoms with Crippen LogP contribution in [0.4, 0.5) is 0 Å². The zero-order valence-electron chi connectivity index (χ0n) is 12.2. The smallest absolute Gasteiger partial charge is 0.142 e. The van der Waals surface area contributed by atoms with E-state index in [2.05, 4.69) is 5.32 Å². The van der Waals surface area contributed by atoms with Crippen molar-refractivity contribution in [2.75, 3.05) is 7.05 Å². The van der Waals surface area contributed by atoms with E-state index >= 15 is 0 Å². The molecule has 0 aliphatic heterocycles. The van der Waals surface area contributed by atoms with Crippen LogP contribution in [0.3, 0.4) is 0 Å². The number of ketones is 1. The fourth-order valence-electron chi connectivity index (χ4n) is 2.11. The molecule has 0 aromatic heterocycles. The van der Waals surface area contributed by atoms with Gasteiger partial charge in [-0.25, -0.2) is 0 Å². The molecule has 102 valence electrons. The zero-order chi connectivity index (χ0) is 14.2. The maximum atomic E-state index is 12.2. The third kappa shape index (κ3) is 3.76. The van der Waals surface area contributed by atoms with Crippen LogP contribution in [0.1, 0.15) is 40.5 Å². The van der Waals surface area contributed by atoms with E-state index in [1.807, 2.05) is 39.0 Å². The molecular formula is C15H26N2O. The first-order valence-corrected chi connectivity index (χ1v) is 6.32. The Morgan fingerprint density at radius 2 is 1.94 bits per heavy atom. The molecule has 0 aromatic carbocycles. The number of Topliss-reactive ketones (excluding diaryl/α,β-unsaturated/α-hetero) is 1. The van der Waals surface area contributed by atoms with Crippen LogP contribution in [0.2, 0.25) is 0 Å². The van der Waals surface area contributed by atoms with E-state index in [0.717, 1.165) is 5.70 Å². The average Bonchev–Trinajstić information content (AvgIpc) is 2.36. The van der Waals surface area contributed by atoms with Crippen LogP contribution < -0.4 is 11.1 Å². The Morgan fingerprint density at radius 3 is 2.28 bits per heavy atom. The summed E-state index contributed by atoms with van der Waals surface area (Å²) < 4.78 is 0. The van der Waals surface area contributed by atoms with E-state index < -0.39 is 5.41 Å². The minimum Gasteiger partial charge on any atom is -0.403 e. The molecule has 0 aromatic rings. The number of nitrogens with two attached hydrogens (primary N) is 1. The highest BCUT2D eigenvalue weighted by Crippen LogP contribution is 2.37. The molecule has 0 saturated heterocycles. The molecule has 0 aliphatic rings. The maximum absolute atomic E-state index is 12.2. The average molecular weight is 250 g/mol. The molecule has 3 N–H and O–H groups in total. The van der Waals surface area contributed by atoms with Gasteiger partial charge in [-0.05, 0) is 40.5 Å². The lowest BCUT2D eigenvalue weighted by atomic mass is 9.72. The Kier molecular flexibility index (Phi) is 7.10. The molecule has 3 heteroatoms. The van der Waals surface area contributed by atoms with Crippen LogP contribution in [-0.2, 0) is 4.79 Å². The van der Waals surface area contributed by atoms with Gasteiger partial charge in [-0.15, -0.1) is 0 Å². The molecule has 0 bridgehead atoms. The first-order chi connectivity index (χ1) is 8.48. The van der Waals surface area contributed by atoms with Crippen molar-refractivity contribution in [2.45, 2.75) is 40.5 Å². The van der Waals surface area contributed by atoms with Crippen molar-refractivity contribution in [2.24, 2.45) is 11.1 Å². The Labute approximate surface area is 111 Å². The Balaban J connectivity index is 5.63. The van der Waals surface area contributed by atoms with Gasteiger partial charge in [-0.1, -0.05) is 23.8 Å².